The Morgan fingerprint density at radius 1 is 0.931 bits per heavy atom. The van der Waals surface area contributed by atoms with E-state index in [9.17, 15) is 0 Å². The fraction of sp³-hybridized carbons (Fsp3) is 0.250. The zero-order valence-electron chi connectivity index (χ0n) is 16.5. The molecule has 1 heterocycles. The molecule has 0 saturated heterocycles. The molecule has 1 aliphatic rings. The van der Waals surface area contributed by atoms with Crippen LogP contribution in [0.25, 0.3) is 5.57 Å². The first-order valence-corrected chi connectivity index (χ1v) is 10.8. The van der Waals surface area contributed by atoms with Gasteiger partial charge in [0.15, 0.2) is 16.7 Å². The average Bonchev–Trinajstić information content (AvgIpc) is 3.29. The lowest BCUT2D eigenvalue weighted by molar-refractivity contribution is 0.201. The maximum atomic E-state index is 6.30. The lowest BCUT2D eigenvalue weighted by Gasteiger charge is -2.18. The molecule has 1 fully saturated rings. The Balaban J connectivity index is 1.69. The van der Waals surface area contributed by atoms with Crippen molar-refractivity contribution in [2.45, 2.75) is 36.9 Å². The lowest BCUT2D eigenvalue weighted by Crippen LogP contribution is -2.11. The van der Waals surface area contributed by atoms with Crippen molar-refractivity contribution in [2.24, 2.45) is 0 Å². The molecule has 3 aromatic rings. The molecule has 1 aromatic heterocycles. The Morgan fingerprint density at radius 3 is 2.41 bits per heavy atom. The van der Waals surface area contributed by atoms with Gasteiger partial charge in [0.05, 0.1) is 13.2 Å². The van der Waals surface area contributed by atoms with Gasteiger partial charge in [-0.15, -0.1) is 0 Å². The Bertz CT molecular complexity index is 955. The second kappa shape index (κ2) is 9.61. The van der Waals surface area contributed by atoms with Gasteiger partial charge in [0.25, 0.3) is 0 Å². The van der Waals surface area contributed by atoms with Gasteiger partial charge in [0.1, 0.15) is 0 Å². The quantitative estimate of drug-likeness (QED) is 0.358. The fourth-order valence-corrected chi connectivity index (χ4v) is 4.24. The molecule has 0 atom stereocenters. The van der Waals surface area contributed by atoms with Gasteiger partial charge in [0, 0.05) is 12.4 Å². The highest BCUT2D eigenvalue weighted by molar-refractivity contribution is 8.02. The van der Waals surface area contributed by atoms with E-state index in [2.05, 4.69) is 39.6 Å². The van der Waals surface area contributed by atoms with Gasteiger partial charge in [0.2, 0.25) is 0 Å². The van der Waals surface area contributed by atoms with E-state index in [1.54, 1.807) is 19.5 Å². The summed E-state index contributed by atoms with van der Waals surface area (Å²) < 4.78 is 11.9. The number of aromatic nitrogens is 2. The molecule has 29 heavy (non-hydrogen) atoms. The third-order valence-electron chi connectivity index (χ3n) is 4.98. The molecule has 0 spiro atoms. The number of benzene rings is 2. The molecule has 0 unspecified atom stereocenters. The van der Waals surface area contributed by atoms with Crippen LogP contribution < -0.4 is 9.47 Å². The standard InChI is InChI=1S/C24H24N2O2S/c1-27-22-13-12-19(16-23(22)28-20-10-5-6-11-20)21(18-8-3-2-4-9-18)17-29-24-25-14-7-15-26-24/h2-4,7-9,12-17,20H,5-6,10-11H2,1H3/b21-17-. The van der Waals surface area contributed by atoms with Crippen LogP contribution in [-0.4, -0.2) is 23.2 Å². The third-order valence-corrected chi connectivity index (χ3v) is 5.75. The molecule has 4 nitrogen and oxygen atoms in total. The van der Waals surface area contributed by atoms with E-state index in [1.807, 2.05) is 30.3 Å². The average molecular weight is 405 g/mol. The minimum Gasteiger partial charge on any atom is -0.493 e. The summed E-state index contributed by atoms with van der Waals surface area (Å²) in [7, 11) is 1.69. The number of ether oxygens (including phenoxy) is 2. The fourth-order valence-electron chi connectivity index (χ4n) is 3.50. The summed E-state index contributed by atoms with van der Waals surface area (Å²) in [5, 5.41) is 2.82. The van der Waals surface area contributed by atoms with Crippen molar-refractivity contribution in [3.63, 3.8) is 0 Å². The number of nitrogens with zero attached hydrogens (tertiary/aromatic N) is 2. The first-order chi connectivity index (χ1) is 14.3. The Labute approximate surface area is 176 Å². The van der Waals surface area contributed by atoms with Gasteiger partial charge < -0.3 is 9.47 Å². The molecular formula is C24H24N2O2S. The van der Waals surface area contributed by atoms with Crippen molar-refractivity contribution >= 4 is 17.3 Å². The molecule has 1 saturated carbocycles. The molecule has 5 heteroatoms. The summed E-state index contributed by atoms with van der Waals surface area (Å²) >= 11 is 1.51. The van der Waals surface area contributed by atoms with Crippen LogP contribution in [0, 0.1) is 0 Å². The van der Waals surface area contributed by atoms with E-state index in [0.717, 1.165) is 46.2 Å². The van der Waals surface area contributed by atoms with Crippen molar-refractivity contribution in [1.29, 1.82) is 0 Å². The van der Waals surface area contributed by atoms with Gasteiger partial charge in [-0.3, -0.25) is 0 Å². The molecule has 0 radical (unpaired) electrons. The zero-order chi connectivity index (χ0) is 19.9. The van der Waals surface area contributed by atoms with E-state index in [1.165, 1.54) is 24.6 Å². The van der Waals surface area contributed by atoms with Gasteiger partial charge >= 0.3 is 0 Å². The number of methoxy groups -OCH3 is 1. The molecule has 0 amide bonds. The summed E-state index contributed by atoms with van der Waals surface area (Å²) in [6, 6.07) is 18.3. The first kappa shape index (κ1) is 19.5. The smallest absolute Gasteiger partial charge is 0.191 e. The van der Waals surface area contributed by atoms with Crippen LogP contribution in [-0.2, 0) is 0 Å². The molecule has 148 valence electrons. The molecular weight excluding hydrogens is 380 g/mol. The molecule has 1 aliphatic carbocycles. The van der Waals surface area contributed by atoms with Crippen molar-refractivity contribution in [3.8, 4) is 11.5 Å². The SMILES string of the molecule is COc1ccc(/C(=C\Sc2ncccn2)c2ccccc2)cc1OC1CCCC1. The van der Waals surface area contributed by atoms with Crippen LogP contribution >= 0.6 is 11.8 Å². The minimum atomic E-state index is 0.274. The summed E-state index contributed by atoms with van der Waals surface area (Å²) in [5.74, 6) is 1.58. The van der Waals surface area contributed by atoms with Gasteiger partial charge in [-0.25, -0.2) is 9.97 Å². The van der Waals surface area contributed by atoms with Gasteiger partial charge in [-0.1, -0.05) is 48.2 Å². The summed E-state index contributed by atoms with van der Waals surface area (Å²) in [6.45, 7) is 0. The summed E-state index contributed by atoms with van der Waals surface area (Å²) in [5.41, 5.74) is 3.31. The van der Waals surface area contributed by atoms with Crippen LogP contribution in [0.4, 0.5) is 0 Å². The Hall–Kier alpha value is -2.79. The second-order valence-corrected chi connectivity index (χ2v) is 7.77. The van der Waals surface area contributed by atoms with E-state index < -0.39 is 0 Å². The third kappa shape index (κ3) is 4.98. The normalized spacial score (nSPS) is 14.7. The largest absolute Gasteiger partial charge is 0.493 e. The molecule has 4 rings (SSSR count). The molecule has 0 aliphatic heterocycles. The lowest BCUT2D eigenvalue weighted by atomic mass is 9.99. The summed E-state index contributed by atoms with van der Waals surface area (Å²) in [6.07, 6.45) is 8.46. The predicted molar refractivity (Wildman–Crippen MR) is 117 cm³/mol. The highest BCUT2D eigenvalue weighted by Crippen LogP contribution is 2.36. The van der Waals surface area contributed by atoms with Gasteiger partial charge in [-0.05, 0) is 66.0 Å². The maximum Gasteiger partial charge on any atom is 0.191 e. The molecule has 2 aromatic carbocycles. The van der Waals surface area contributed by atoms with Crippen LogP contribution in [0.3, 0.4) is 0 Å². The number of hydrogen-bond donors (Lipinski definition) is 0. The Kier molecular flexibility index (Phi) is 6.47. The number of thioether (sulfide) groups is 1. The van der Waals surface area contributed by atoms with Crippen LogP contribution in [0.5, 0.6) is 11.5 Å². The van der Waals surface area contributed by atoms with E-state index >= 15 is 0 Å². The number of hydrogen-bond acceptors (Lipinski definition) is 5. The van der Waals surface area contributed by atoms with Crippen LogP contribution in [0.1, 0.15) is 36.8 Å². The maximum absolute atomic E-state index is 6.30. The van der Waals surface area contributed by atoms with Crippen molar-refractivity contribution in [1.82, 2.24) is 9.97 Å². The van der Waals surface area contributed by atoms with Crippen LogP contribution in [0.2, 0.25) is 0 Å². The minimum absolute atomic E-state index is 0.274. The monoisotopic (exact) mass is 404 g/mol. The first-order valence-electron chi connectivity index (χ1n) is 9.88. The van der Waals surface area contributed by atoms with Crippen molar-refractivity contribution < 1.29 is 9.47 Å². The highest BCUT2D eigenvalue weighted by atomic mass is 32.2. The van der Waals surface area contributed by atoms with Gasteiger partial charge in [-0.2, -0.15) is 0 Å². The highest BCUT2D eigenvalue weighted by Gasteiger charge is 2.19. The Morgan fingerprint density at radius 2 is 1.69 bits per heavy atom. The zero-order valence-corrected chi connectivity index (χ0v) is 17.3. The van der Waals surface area contributed by atoms with E-state index in [4.69, 9.17) is 9.47 Å². The van der Waals surface area contributed by atoms with E-state index in [-0.39, 0.29) is 6.10 Å². The predicted octanol–water partition coefficient (Wildman–Crippen LogP) is 5.99. The van der Waals surface area contributed by atoms with E-state index in [0.29, 0.717) is 0 Å². The molecule has 0 bridgehead atoms. The summed E-state index contributed by atoms with van der Waals surface area (Å²) in [4.78, 5) is 8.63. The van der Waals surface area contributed by atoms with Crippen molar-refractivity contribution in [2.75, 3.05) is 7.11 Å². The molecule has 0 N–H and O–H groups in total. The van der Waals surface area contributed by atoms with Crippen LogP contribution in [0.15, 0.2) is 77.6 Å². The second-order valence-electron chi connectivity index (χ2n) is 6.94. The number of rotatable bonds is 7. The van der Waals surface area contributed by atoms with Crippen molar-refractivity contribution in [3.05, 3.63) is 83.5 Å². The topological polar surface area (TPSA) is 44.2 Å².